The Balaban J connectivity index is 2.07. The van der Waals surface area contributed by atoms with Crippen LogP contribution in [0.5, 0.6) is 0 Å². The molecule has 1 aliphatic heterocycles. The van der Waals surface area contributed by atoms with Gasteiger partial charge >= 0.3 is 5.69 Å². The Bertz CT molecular complexity index is 535. The average molecular weight is 270 g/mol. The Morgan fingerprint density at radius 3 is 3.26 bits per heavy atom. The van der Waals surface area contributed by atoms with Crippen molar-refractivity contribution in [3.05, 3.63) is 22.7 Å². The number of rotatable bonds is 4. The normalized spacial score (nSPS) is 23.1. The SMILES string of the molecule is [2H]CCC(=O)Nc1ccn([C@@H]2CO[C@H](CO)O2)c(=O)n1. The second-order valence-corrected chi connectivity index (χ2v) is 3.84. The minimum Gasteiger partial charge on any atom is -0.391 e. The number of anilines is 1. The van der Waals surface area contributed by atoms with Gasteiger partial charge in [0.05, 0.1) is 13.2 Å². The molecule has 104 valence electrons. The summed E-state index contributed by atoms with van der Waals surface area (Å²) in [7, 11) is 0. The lowest BCUT2D eigenvalue weighted by atomic mass is 10.4. The first-order valence-corrected chi connectivity index (χ1v) is 5.70. The van der Waals surface area contributed by atoms with Gasteiger partial charge in [0.15, 0.2) is 12.5 Å². The standard InChI is InChI=1S/C11H15N3O5/c1-2-8(16)12-7-3-4-14(11(17)13-7)9-6-18-10(5-15)19-9/h3-4,9-10,15H,2,5-6H2,1H3,(H,12,13,16,17)/t9-,10-/m0/s1/i1D. The molecule has 2 atom stereocenters. The molecule has 0 aromatic carbocycles. The molecule has 1 saturated heterocycles. The molecule has 0 spiro atoms. The van der Waals surface area contributed by atoms with Gasteiger partial charge < -0.3 is 19.9 Å². The Kier molecular flexibility index (Phi) is 3.82. The van der Waals surface area contributed by atoms with Crippen LogP contribution in [0.15, 0.2) is 17.1 Å². The molecular weight excluding hydrogens is 254 g/mol. The van der Waals surface area contributed by atoms with E-state index >= 15 is 0 Å². The highest BCUT2D eigenvalue weighted by atomic mass is 16.7. The van der Waals surface area contributed by atoms with E-state index < -0.39 is 18.2 Å². The lowest BCUT2D eigenvalue weighted by molar-refractivity contribution is -0.115. The minimum atomic E-state index is -0.747. The summed E-state index contributed by atoms with van der Waals surface area (Å²) in [6.45, 7) is -0.185. The fourth-order valence-electron chi connectivity index (χ4n) is 1.59. The van der Waals surface area contributed by atoms with Crippen LogP contribution < -0.4 is 11.0 Å². The van der Waals surface area contributed by atoms with Gasteiger partial charge in [0.2, 0.25) is 5.91 Å². The fourth-order valence-corrected chi connectivity index (χ4v) is 1.59. The number of hydrogen-bond donors (Lipinski definition) is 2. The molecule has 8 heteroatoms. The van der Waals surface area contributed by atoms with Crippen LogP contribution in [0.4, 0.5) is 5.82 Å². The van der Waals surface area contributed by atoms with Crippen LogP contribution in [-0.4, -0.2) is 40.1 Å². The van der Waals surface area contributed by atoms with Crippen molar-refractivity contribution in [1.82, 2.24) is 9.55 Å². The monoisotopic (exact) mass is 270 g/mol. The van der Waals surface area contributed by atoms with E-state index in [1.54, 1.807) is 0 Å². The molecule has 1 amide bonds. The number of hydrogen-bond acceptors (Lipinski definition) is 6. The quantitative estimate of drug-likeness (QED) is 0.761. The van der Waals surface area contributed by atoms with Crippen LogP contribution in [0.3, 0.4) is 0 Å². The number of carbonyl (C=O) groups is 1. The van der Waals surface area contributed by atoms with Crippen LogP contribution >= 0.6 is 0 Å². The molecule has 1 aliphatic rings. The van der Waals surface area contributed by atoms with Crippen molar-refractivity contribution in [2.75, 3.05) is 18.5 Å². The molecule has 1 aromatic rings. The molecule has 8 nitrogen and oxygen atoms in total. The lowest BCUT2D eigenvalue weighted by Crippen LogP contribution is -2.29. The van der Waals surface area contributed by atoms with E-state index in [0.29, 0.717) is 0 Å². The zero-order valence-corrected chi connectivity index (χ0v) is 10.1. The lowest BCUT2D eigenvalue weighted by Gasteiger charge is -2.12. The van der Waals surface area contributed by atoms with Crippen molar-refractivity contribution in [2.45, 2.75) is 25.8 Å². The summed E-state index contributed by atoms with van der Waals surface area (Å²) in [5.74, 6) is -0.243. The van der Waals surface area contributed by atoms with E-state index in [1.165, 1.54) is 16.8 Å². The summed E-state index contributed by atoms with van der Waals surface area (Å²) < 4.78 is 18.5. The fraction of sp³-hybridized carbons (Fsp3) is 0.545. The summed E-state index contributed by atoms with van der Waals surface area (Å²) in [6.07, 6.45) is 0.0792. The van der Waals surface area contributed by atoms with E-state index in [2.05, 4.69) is 10.3 Å². The third kappa shape index (κ3) is 3.16. The number of nitrogens with one attached hydrogen (secondary N) is 1. The van der Waals surface area contributed by atoms with Crippen molar-refractivity contribution in [3.63, 3.8) is 0 Å². The Morgan fingerprint density at radius 1 is 1.79 bits per heavy atom. The van der Waals surface area contributed by atoms with Crippen molar-refractivity contribution in [1.29, 1.82) is 0 Å². The van der Waals surface area contributed by atoms with Gasteiger partial charge in [-0.05, 0) is 6.07 Å². The van der Waals surface area contributed by atoms with Crippen LogP contribution in [0, 0.1) is 0 Å². The first-order valence-electron chi connectivity index (χ1n) is 6.41. The van der Waals surface area contributed by atoms with Crippen molar-refractivity contribution >= 4 is 11.7 Å². The van der Waals surface area contributed by atoms with Gasteiger partial charge in [-0.2, -0.15) is 4.98 Å². The molecule has 2 heterocycles. The molecule has 2 rings (SSSR count). The van der Waals surface area contributed by atoms with Gasteiger partial charge in [-0.15, -0.1) is 0 Å². The van der Waals surface area contributed by atoms with Crippen LogP contribution in [0.1, 0.15) is 20.9 Å². The molecule has 0 bridgehead atoms. The van der Waals surface area contributed by atoms with Gasteiger partial charge in [0.1, 0.15) is 5.82 Å². The predicted octanol–water partition coefficient (Wildman–Crippen LogP) is -0.544. The minimum absolute atomic E-state index is 0.0291. The summed E-state index contributed by atoms with van der Waals surface area (Å²) >= 11 is 0. The van der Waals surface area contributed by atoms with Crippen LogP contribution in [0.2, 0.25) is 0 Å². The Morgan fingerprint density at radius 2 is 2.63 bits per heavy atom. The molecule has 2 N–H and O–H groups in total. The highest BCUT2D eigenvalue weighted by molar-refractivity contribution is 5.89. The smallest absolute Gasteiger partial charge is 0.351 e. The highest BCUT2D eigenvalue weighted by Crippen LogP contribution is 2.19. The topological polar surface area (TPSA) is 103 Å². The molecule has 1 fully saturated rings. The number of nitrogens with zero attached hydrogens (tertiary/aromatic N) is 2. The largest absolute Gasteiger partial charge is 0.391 e. The average Bonchev–Trinajstić information content (AvgIpc) is 2.87. The molecule has 0 radical (unpaired) electrons. The molecule has 0 unspecified atom stereocenters. The zero-order valence-electron chi connectivity index (χ0n) is 11.1. The van der Waals surface area contributed by atoms with Crippen molar-refractivity contribution in [3.8, 4) is 0 Å². The van der Waals surface area contributed by atoms with Crippen molar-refractivity contribution < 1.29 is 20.7 Å². The second-order valence-electron chi connectivity index (χ2n) is 3.84. The number of aliphatic hydroxyl groups excluding tert-OH is 1. The molecule has 0 aliphatic carbocycles. The van der Waals surface area contributed by atoms with Crippen molar-refractivity contribution in [2.24, 2.45) is 0 Å². The second kappa shape index (κ2) is 5.91. The van der Waals surface area contributed by atoms with Gasteiger partial charge in [0, 0.05) is 14.0 Å². The van der Waals surface area contributed by atoms with E-state index in [1.807, 2.05) is 0 Å². The van der Waals surface area contributed by atoms with E-state index in [9.17, 15) is 9.59 Å². The van der Waals surface area contributed by atoms with Gasteiger partial charge in [0.25, 0.3) is 0 Å². The molecule has 19 heavy (non-hydrogen) atoms. The number of ether oxygens (including phenoxy) is 2. The Hall–Kier alpha value is -1.77. The first kappa shape index (κ1) is 12.3. The van der Waals surface area contributed by atoms with E-state index in [0.717, 1.165) is 0 Å². The van der Waals surface area contributed by atoms with Crippen LogP contribution in [-0.2, 0) is 14.3 Å². The maximum Gasteiger partial charge on any atom is 0.351 e. The molecule has 1 aromatic heterocycles. The third-order valence-electron chi connectivity index (χ3n) is 2.52. The predicted molar refractivity (Wildman–Crippen MR) is 64.4 cm³/mol. The molecular formula is C11H15N3O5. The van der Waals surface area contributed by atoms with Crippen LogP contribution in [0.25, 0.3) is 0 Å². The van der Waals surface area contributed by atoms with Gasteiger partial charge in [-0.25, -0.2) is 4.79 Å². The maximum absolute atomic E-state index is 11.8. The summed E-state index contributed by atoms with van der Waals surface area (Å²) in [6, 6.07) is 1.46. The summed E-state index contributed by atoms with van der Waals surface area (Å²) in [4.78, 5) is 26.8. The number of carbonyl (C=O) groups excluding carboxylic acids is 1. The zero-order chi connectivity index (χ0) is 14.5. The van der Waals surface area contributed by atoms with E-state index in [4.69, 9.17) is 16.0 Å². The number of aromatic nitrogens is 2. The number of amides is 1. The maximum atomic E-state index is 11.8. The highest BCUT2D eigenvalue weighted by Gasteiger charge is 2.27. The summed E-state index contributed by atoms with van der Waals surface area (Å²) in [5, 5.41) is 11.3. The van der Waals surface area contributed by atoms with Gasteiger partial charge in [-0.3, -0.25) is 9.36 Å². The van der Waals surface area contributed by atoms with Gasteiger partial charge in [-0.1, -0.05) is 6.90 Å². The van der Waals surface area contributed by atoms with E-state index in [-0.39, 0.29) is 38.3 Å². The number of aliphatic hydroxyl groups is 1. The Labute approximate surface area is 110 Å². The first-order chi connectivity index (χ1) is 9.63. The molecule has 0 saturated carbocycles. The third-order valence-corrected chi connectivity index (χ3v) is 2.52. The summed E-state index contributed by atoms with van der Waals surface area (Å²) in [5.41, 5.74) is -0.596.